The Morgan fingerprint density at radius 3 is 2.23 bits per heavy atom. The zero-order valence-electron chi connectivity index (χ0n) is 16.3. The number of hydrazone groups is 1. The van der Waals surface area contributed by atoms with Crippen LogP contribution in [-0.4, -0.2) is 38.8 Å². The van der Waals surface area contributed by atoms with E-state index in [2.05, 4.69) is 10.5 Å². The van der Waals surface area contributed by atoms with Crippen LogP contribution in [0, 0.1) is 13.8 Å². The molecule has 152 valence electrons. The maximum atomic E-state index is 12.5. The number of rotatable bonds is 6. The maximum absolute atomic E-state index is 12.5. The number of benzene rings is 2. The molecule has 1 aromatic heterocycles. The van der Waals surface area contributed by atoms with Crippen molar-refractivity contribution in [2.24, 2.45) is 5.10 Å². The van der Waals surface area contributed by atoms with Crippen LogP contribution in [-0.2, 0) is 0 Å². The van der Waals surface area contributed by atoms with Crippen LogP contribution in [0.5, 0.6) is 0 Å². The molecule has 3 N–H and O–H groups in total. The molecule has 0 fully saturated rings. The van der Waals surface area contributed by atoms with Crippen LogP contribution >= 0.6 is 0 Å². The second-order valence-electron chi connectivity index (χ2n) is 6.62. The van der Waals surface area contributed by atoms with Gasteiger partial charge >= 0.3 is 11.9 Å². The number of carbonyl (C=O) groups is 3. The van der Waals surface area contributed by atoms with E-state index < -0.39 is 17.8 Å². The van der Waals surface area contributed by atoms with Gasteiger partial charge in [-0.25, -0.2) is 15.0 Å². The van der Waals surface area contributed by atoms with E-state index in [-0.39, 0.29) is 16.7 Å². The molecule has 8 nitrogen and oxygen atoms in total. The standard InChI is InChI=1S/C22H19N3O5/c1-13-6-7-14(2)25(13)19-11-16(8-9-18(19)22(29)30)20(26)24-23-12-15-4-3-5-17(10-15)21(27)28/h3-12H,1-2H3,(H,24,26)(H,27,28)(H,29,30). The third-order valence-corrected chi connectivity index (χ3v) is 4.52. The second-order valence-corrected chi connectivity index (χ2v) is 6.62. The van der Waals surface area contributed by atoms with Gasteiger partial charge in [0, 0.05) is 17.0 Å². The summed E-state index contributed by atoms with van der Waals surface area (Å²) in [6.07, 6.45) is 1.33. The number of aromatic carboxylic acids is 2. The topological polar surface area (TPSA) is 121 Å². The number of carbonyl (C=O) groups excluding carboxylic acids is 1. The molecule has 30 heavy (non-hydrogen) atoms. The maximum Gasteiger partial charge on any atom is 0.337 e. The summed E-state index contributed by atoms with van der Waals surface area (Å²) in [6, 6.07) is 14.1. The number of hydrogen-bond acceptors (Lipinski definition) is 4. The molecule has 0 aliphatic rings. The number of aromatic nitrogens is 1. The fraction of sp³-hybridized carbons (Fsp3) is 0.0909. The third-order valence-electron chi connectivity index (χ3n) is 4.52. The van der Waals surface area contributed by atoms with E-state index in [1.165, 1.54) is 36.5 Å². The Hall–Kier alpha value is -4.20. The second kappa shape index (κ2) is 8.44. The molecule has 1 heterocycles. The number of amides is 1. The van der Waals surface area contributed by atoms with Gasteiger partial charge in [0.05, 0.1) is 23.0 Å². The number of aryl methyl sites for hydroxylation is 2. The van der Waals surface area contributed by atoms with Gasteiger partial charge in [0.2, 0.25) is 0 Å². The molecule has 0 radical (unpaired) electrons. The lowest BCUT2D eigenvalue weighted by Crippen LogP contribution is -2.19. The number of nitrogens with zero attached hydrogens (tertiary/aromatic N) is 2. The van der Waals surface area contributed by atoms with E-state index in [0.29, 0.717) is 11.3 Å². The molecule has 0 bridgehead atoms. The summed E-state index contributed by atoms with van der Waals surface area (Å²) in [5, 5.41) is 22.4. The Morgan fingerprint density at radius 2 is 1.60 bits per heavy atom. The van der Waals surface area contributed by atoms with Crippen molar-refractivity contribution in [1.82, 2.24) is 9.99 Å². The van der Waals surface area contributed by atoms with Gasteiger partial charge in [-0.05, 0) is 61.9 Å². The van der Waals surface area contributed by atoms with Gasteiger partial charge < -0.3 is 14.8 Å². The van der Waals surface area contributed by atoms with E-state index in [0.717, 1.165) is 11.4 Å². The van der Waals surface area contributed by atoms with Crippen molar-refractivity contribution in [3.8, 4) is 5.69 Å². The van der Waals surface area contributed by atoms with E-state index in [9.17, 15) is 19.5 Å². The van der Waals surface area contributed by atoms with Crippen molar-refractivity contribution >= 4 is 24.1 Å². The number of carboxylic acid groups (broad SMARTS) is 2. The molecule has 0 aliphatic carbocycles. The Morgan fingerprint density at radius 1 is 0.900 bits per heavy atom. The first-order valence-electron chi connectivity index (χ1n) is 8.97. The highest BCUT2D eigenvalue weighted by Crippen LogP contribution is 2.22. The molecule has 0 unspecified atom stereocenters. The molecule has 8 heteroatoms. The van der Waals surface area contributed by atoms with Crippen molar-refractivity contribution in [2.45, 2.75) is 13.8 Å². The smallest absolute Gasteiger partial charge is 0.337 e. The SMILES string of the molecule is Cc1ccc(C)n1-c1cc(C(=O)NN=Cc2cccc(C(=O)O)c2)ccc1C(=O)O. The predicted molar refractivity (Wildman–Crippen MR) is 111 cm³/mol. The summed E-state index contributed by atoms with van der Waals surface area (Å²) in [5.41, 5.74) is 5.35. The van der Waals surface area contributed by atoms with Crippen molar-refractivity contribution in [3.05, 3.63) is 88.2 Å². The van der Waals surface area contributed by atoms with E-state index >= 15 is 0 Å². The summed E-state index contributed by atoms with van der Waals surface area (Å²) in [7, 11) is 0. The first-order chi connectivity index (χ1) is 14.3. The van der Waals surface area contributed by atoms with Crippen LogP contribution in [0.25, 0.3) is 5.69 Å². The third kappa shape index (κ3) is 4.27. The largest absolute Gasteiger partial charge is 0.478 e. The first kappa shape index (κ1) is 20.5. The van der Waals surface area contributed by atoms with Crippen LogP contribution in [0.2, 0.25) is 0 Å². The van der Waals surface area contributed by atoms with Crippen LogP contribution in [0.3, 0.4) is 0 Å². The Balaban J connectivity index is 1.86. The van der Waals surface area contributed by atoms with Crippen LogP contribution in [0.4, 0.5) is 0 Å². The molecule has 0 aliphatic heterocycles. The van der Waals surface area contributed by atoms with E-state index in [1.54, 1.807) is 16.7 Å². The van der Waals surface area contributed by atoms with Gasteiger partial charge in [0.25, 0.3) is 5.91 Å². The van der Waals surface area contributed by atoms with Gasteiger partial charge in [-0.3, -0.25) is 4.79 Å². The highest BCUT2D eigenvalue weighted by atomic mass is 16.4. The van der Waals surface area contributed by atoms with Crippen molar-refractivity contribution in [2.75, 3.05) is 0 Å². The Bertz CT molecular complexity index is 1160. The van der Waals surface area contributed by atoms with Crippen molar-refractivity contribution in [1.29, 1.82) is 0 Å². The molecule has 2 aromatic carbocycles. The van der Waals surface area contributed by atoms with Gasteiger partial charge in [0.15, 0.2) is 0 Å². The molecule has 0 saturated heterocycles. The fourth-order valence-corrected chi connectivity index (χ4v) is 3.07. The molecule has 0 spiro atoms. The minimum atomic E-state index is -1.10. The lowest BCUT2D eigenvalue weighted by Gasteiger charge is -2.14. The molecule has 0 atom stereocenters. The van der Waals surface area contributed by atoms with Crippen molar-refractivity contribution in [3.63, 3.8) is 0 Å². The summed E-state index contributed by atoms with van der Waals surface area (Å²) in [4.78, 5) is 35.2. The monoisotopic (exact) mass is 405 g/mol. The lowest BCUT2D eigenvalue weighted by atomic mass is 10.1. The average molecular weight is 405 g/mol. The van der Waals surface area contributed by atoms with Gasteiger partial charge in [-0.1, -0.05) is 12.1 Å². The Labute approximate surface area is 172 Å². The van der Waals surface area contributed by atoms with Gasteiger partial charge in [0.1, 0.15) is 0 Å². The molecular formula is C22H19N3O5. The van der Waals surface area contributed by atoms with Crippen molar-refractivity contribution < 1.29 is 24.6 Å². The highest BCUT2D eigenvalue weighted by molar-refractivity contribution is 5.99. The first-order valence-corrected chi connectivity index (χ1v) is 8.97. The zero-order valence-corrected chi connectivity index (χ0v) is 16.3. The van der Waals surface area contributed by atoms with Gasteiger partial charge in [-0.2, -0.15) is 5.10 Å². The molecular weight excluding hydrogens is 386 g/mol. The summed E-state index contributed by atoms with van der Waals surface area (Å²) >= 11 is 0. The van der Waals surface area contributed by atoms with Crippen LogP contribution in [0.1, 0.15) is 48.0 Å². The highest BCUT2D eigenvalue weighted by Gasteiger charge is 2.17. The summed E-state index contributed by atoms with van der Waals surface area (Å²) in [6.45, 7) is 3.70. The molecule has 3 rings (SSSR count). The quantitative estimate of drug-likeness (QED) is 0.429. The van der Waals surface area contributed by atoms with Gasteiger partial charge in [-0.15, -0.1) is 0 Å². The van der Waals surface area contributed by atoms with Crippen LogP contribution < -0.4 is 5.43 Å². The molecule has 1 amide bonds. The Kier molecular flexibility index (Phi) is 5.78. The van der Waals surface area contributed by atoms with Crippen LogP contribution in [0.15, 0.2) is 59.7 Å². The summed E-state index contributed by atoms with van der Waals surface area (Å²) in [5.74, 6) is -2.68. The lowest BCUT2D eigenvalue weighted by molar-refractivity contribution is 0.0686. The predicted octanol–water partition coefficient (Wildman–Crippen LogP) is 3.25. The summed E-state index contributed by atoms with van der Waals surface area (Å²) < 4.78 is 1.76. The number of carboxylic acids is 2. The zero-order chi connectivity index (χ0) is 21.8. The van der Waals surface area contributed by atoms with E-state index in [4.69, 9.17) is 5.11 Å². The average Bonchev–Trinajstić information content (AvgIpc) is 3.05. The minimum Gasteiger partial charge on any atom is -0.478 e. The fourth-order valence-electron chi connectivity index (χ4n) is 3.07. The molecule has 0 saturated carbocycles. The number of nitrogens with one attached hydrogen (secondary N) is 1. The number of hydrogen-bond donors (Lipinski definition) is 3. The minimum absolute atomic E-state index is 0.0722. The molecule has 3 aromatic rings. The van der Waals surface area contributed by atoms with E-state index in [1.807, 2.05) is 26.0 Å². The normalized spacial score (nSPS) is 10.9.